The van der Waals surface area contributed by atoms with Crippen molar-refractivity contribution in [1.29, 1.82) is 0 Å². The van der Waals surface area contributed by atoms with Crippen LogP contribution in [0.4, 0.5) is 0 Å². The second kappa shape index (κ2) is 4.90. The third-order valence-corrected chi connectivity index (χ3v) is 3.24. The van der Waals surface area contributed by atoms with Crippen LogP contribution < -0.4 is 5.32 Å². The molecule has 3 rings (SSSR count). The maximum absolute atomic E-state index is 4.61. The Morgan fingerprint density at radius 3 is 2.78 bits per heavy atom. The van der Waals surface area contributed by atoms with E-state index >= 15 is 0 Å². The van der Waals surface area contributed by atoms with Crippen molar-refractivity contribution in [3.8, 4) is 11.4 Å². The number of nitrogens with one attached hydrogen (secondary N) is 1. The number of rotatable bonds is 5. The van der Waals surface area contributed by atoms with E-state index in [1.165, 1.54) is 12.8 Å². The molecule has 0 aliphatic heterocycles. The van der Waals surface area contributed by atoms with Gasteiger partial charge in [0.2, 0.25) is 0 Å². The van der Waals surface area contributed by atoms with Gasteiger partial charge < -0.3 is 5.32 Å². The molecule has 1 aliphatic carbocycles. The number of nitrogens with zero attached hydrogens (tertiary/aromatic N) is 3. The molecule has 0 unspecified atom stereocenters. The van der Waals surface area contributed by atoms with Crippen LogP contribution in [0.25, 0.3) is 11.4 Å². The van der Waals surface area contributed by atoms with E-state index in [2.05, 4.69) is 15.4 Å². The van der Waals surface area contributed by atoms with Crippen molar-refractivity contribution in [2.24, 2.45) is 7.05 Å². The summed E-state index contributed by atoms with van der Waals surface area (Å²) in [5.41, 5.74) is 1.08. The van der Waals surface area contributed by atoms with Crippen LogP contribution >= 0.6 is 0 Å². The quantitative estimate of drug-likeness (QED) is 0.869. The molecule has 1 aromatic heterocycles. The molecular weight excluding hydrogens is 224 g/mol. The standard InChI is InChI=1S/C14H18N4/c1-18-13(9-10-15-12-7-8-12)16-14(17-18)11-5-3-2-4-6-11/h2-6,12,15H,7-10H2,1H3. The normalized spacial score (nSPS) is 14.9. The van der Waals surface area contributed by atoms with Gasteiger partial charge in [-0.2, -0.15) is 5.10 Å². The summed E-state index contributed by atoms with van der Waals surface area (Å²) in [4.78, 5) is 4.61. The van der Waals surface area contributed by atoms with Crippen LogP contribution in [-0.4, -0.2) is 27.4 Å². The maximum Gasteiger partial charge on any atom is 0.181 e. The van der Waals surface area contributed by atoms with Gasteiger partial charge in [-0.05, 0) is 12.8 Å². The first-order valence-corrected chi connectivity index (χ1v) is 6.51. The largest absolute Gasteiger partial charge is 0.314 e. The van der Waals surface area contributed by atoms with E-state index < -0.39 is 0 Å². The van der Waals surface area contributed by atoms with Crippen molar-refractivity contribution in [2.75, 3.05) is 6.54 Å². The van der Waals surface area contributed by atoms with Gasteiger partial charge in [-0.25, -0.2) is 4.98 Å². The van der Waals surface area contributed by atoms with Gasteiger partial charge >= 0.3 is 0 Å². The van der Waals surface area contributed by atoms with Crippen molar-refractivity contribution in [2.45, 2.75) is 25.3 Å². The lowest BCUT2D eigenvalue weighted by Gasteiger charge is -2.01. The molecule has 1 N–H and O–H groups in total. The van der Waals surface area contributed by atoms with Gasteiger partial charge in [0.25, 0.3) is 0 Å². The molecule has 1 saturated carbocycles. The van der Waals surface area contributed by atoms with Crippen molar-refractivity contribution >= 4 is 0 Å². The summed E-state index contributed by atoms with van der Waals surface area (Å²) in [6, 6.07) is 10.9. The average Bonchev–Trinajstić information content (AvgIpc) is 3.14. The Labute approximate surface area is 107 Å². The zero-order valence-electron chi connectivity index (χ0n) is 10.6. The van der Waals surface area contributed by atoms with Gasteiger partial charge in [0, 0.05) is 31.6 Å². The highest BCUT2D eigenvalue weighted by Gasteiger charge is 2.20. The number of benzene rings is 1. The lowest BCUT2D eigenvalue weighted by Crippen LogP contribution is -2.20. The molecule has 18 heavy (non-hydrogen) atoms. The average molecular weight is 242 g/mol. The Hall–Kier alpha value is -1.68. The van der Waals surface area contributed by atoms with Gasteiger partial charge in [-0.3, -0.25) is 4.68 Å². The number of hydrogen-bond donors (Lipinski definition) is 1. The van der Waals surface area contributed by atoms with Gasteiger partial charge in [0.15, 0.2) is 5.82 Å². The van der Waals surface area contributed by atoms with E-state index in [0.29, 0.717) is 0 Å². The summed E-state index contributed by atoms with van der Waals surface area (Å²) in [7, 11) is 1.96. The summed E-state index contributed by atoms with van der Waals surface area (Å²) < 4.78 is 1.89. The maximum atomic E-state index is 4.61. The van der Waals surface area contributed by atoms with Crippen molar-refractivity contribution < 1.29 is 0 Å². The highest BCUT2D eigenvalue weighted by atomic mass is 15.3. The predicted octanol–water partition coefficient (Wildman–Crippen LogP) is 1.78. The van der Waals surface area contributed by atoms with Crippen LogP contribution in [0.1, 0.15) is 18.7 Å². The fourth-order valence-corrected chi connectivity index (χ4v) is 2.02. The topological polar surface area (TPSA) is 42.7 Å². The van der Waals surface area contributed by atoms with Crippen LogP contribution in [-0.2, 0) is 13.5 Å². The number of aromatic nitrogens is 3. The van der Waals surface area contributed by atoms with Gasteiger partial charge in [0.05, 0.1) is 0 Å². The molecule has 1 heterocycles. The fraction of sp³-hybridized carbons (Fsp3) is 0.429. The second-order valence-corrected chi connectivity index (χ2v) is 4.82. The third-order valence-electron chi connectivity index (χ3n) is 3.24. The summed E-state index contributed by atoms with van der Waals surface area (Å²) in [6.45, 7) is 0.991. The van der Waals surface area contributed by atoms with Crippen LogP contribution in [0.15, 0.2) is 30.3 Å². The molecule has 4 heteroatoms. The molecule has 0 saturated heterocycles. The van der Waals surface area contributed by atoms with Gasteiger partial charge in [-0.1, -0.05) is 30.3 Å². The monoisotopic (exact) mass is 242 g/mol. The predicted molar refractivity (Wildman–Crippen MR) is 71.2 cm³/mol. The highest BCUT2D eigenvalue weighted by molar-refractivity contribution is 5.53. The Kier molecular flexibility index (Phi) is 3.11. The van der Waals surface area contributed by atoms with E-state index in [4.69, 9.17) is 0 Å². The van der Waals surface area contributed by atoms with Crippen molar-refractivity contribution in [3.05, 3.63) is 36.2 Å². The molecule has 1 aromatic carbocycles. The zero-order chi connectivity index (χ0) is 12.4. The van der Waals surface area contributed by atoms with E-state index in [0.717, 1.165) is 36.2 Å². The van der Waals surface area contributed by atoms with Crippen LogP contribution in [0.5, 0.6) is 0 Å². The number of hydrogen-bond acceptors (Lipinski definition) is 3. The van der Waals surface area contributed by atoms with Crippen molar-refractivity contribution in [3.63, 3.8) is 0 Å². The first kappa shape index (κ1) is 11.4. The summed E-state index contributed by atoms with van der Waals surface area (Å²) >= 11 is 0. The lowest BCUT2D eigenvalue weighted by atomic mass is 10.2. The van der Waals surface area contributed by atoms with Gasteiger partial charge in [-0.15, -0.1) is 0 Å². The molecular formula is C14H18N4. The molecule has 0 radical (unpaired) electrons. The minimum absolute atomic E-state index is 0.756. The smallest absolute Gasteiger partial charge is 0.181 e. The first-order chi connectivity index (χ1) is 8.83. The van der Waals surface area contributed by atoms with E-state index in [1.807, 2.05) is 42.1 Å². The Balaban J connectivity index is 1.69. The summed E-state index contributed by atoms with van der Waals surface area (Å²) in [6.07, 6.45) is 3.59. The third kappa shape index (κ3) is 2.59. The molecule has 1 aliphatic rings. The Morgan fingerprint density at radius 1 is 1.28 bits per heavy atom. The molecule has 0 amide bonds. The molecule has 0 bridgehead atoms. The molecule has 4 nitrogen and oxygen atoms in total. The van der Waals surface area contributed by atoms with Crippen LogP contribution in [0.3, 0.4) is 0 Å². The first-order valence-electron chi connectivity index (χ1n) is 6.51. The number of aryl methyl sites for hydroxylation is 1. The van der Waals surface area contributed by atoms with E-state index in [9.17, 15) is 0 Å². The molecule has 2 aromatic rings. The Bertz CT molecular complexity index is 514. The SMILES string of the molecule is Cn1nc(-c2ccccc2)nc1CCNC1CC1. The zero-order valence-corrected chi connectivity index (χ0v) is 10.6. The Morgan fingerprint density at radius 2 is 2.06 bits per heavy atom. The van der Waals surface area contributed by atoms with E-state index in [1.54, 1.807) is 0 Å². The second-order valence-electron chi connectivity index (χ2n) is 4.82. The highest BCUT2D eigenvalue weighted by Crippen LogP contribution is 2.18. The lowest BCUT2D eigenvalue weighted by molar-refractivity contribution is 0.631. The fourth-order valence-electron chi connectivity index (χ4n) is 2.02. The van der Waals surface area contributed by atoms with E-state index in [-0.39, 0.29) is 0 Å². The van der Waals surface area contributed by atoms with Crippen LogP contribution in [0.2, 0.25) is 0 Å². The summed E-state index contributed by atoms with van der Waals surface area (Å²) in [5.74, 6) is 1.86. The van der Waals surface area contributed by atoms with Gasteiger partial charge in [0.1, 0.15) is 5.82 Å². The molecule has 0 atom stereocenters. The molecule has 94 valence electrons. The molecule has 1 fully saturated rings. The van der Waals surface area contributed by atoms with Crippen LogP contribution in [0, 0.1) is 0 Å². The summed E-state index contributed by atoms with van der Waals surface area (Å²) in [5, 5.41) is 7.97. The molecule has 0 spiro atoms. The minimum Gasteiger partial charge on any atom is -0.314 e. The van der Waals surface area contributed by atoms with Crippen molar-refractivity contribution in [1.82, 2.24) is 20.1 Å². The minimum atomic E-state index is 0.756.